The number of hydrogen-bond donors (Lipinski definition) is 1. The van der Waals surface area contributed by atoms with Crippen molar-refractivity contribution in [2.45, 2.75) is 39.8 Å². The molecule has 158 valence electrons. The molecule has 4 nitrogen and oxygen atoms in total. The van der Waals surface area contributed by atoms with Gasteiger partial charge < -0.3 is 10.1 Å². The maximum absolute atomic E-state index is 13.2. The Kier molecular flexibility index (Phi) is 6.17. The first kappa shape index (κ1) is 21.8. The lowest BCUT2D eigenvalue weighted by atomic mass is 10.0. The summed E-state index contributed by atoms with van der Waals surface area (Å²) in [5.41, 5.74) is 1.09. The third-order valence-corrected chi connectivity index (χ3v) is 5.32. The van der Waals surface area contributed by atoms with Crippen LogP contribution in [0.5, 0.6) is 11.5 Å². The van der Waals surface area contributed by atoms with Crippen molar-refractivity contribution in [2.75, 3.05) is 5.32 Å². The maximum Gasteiger partial charge on any atom is 0.435 e. The molecule has 30 heavy (non-hydrogen) atoms. The summed E-state index contributed by atoms with van der Waals surface area (Å²) < 4.78 is 45.7. The number of anilines is 1. The van der Waals surface area contributed by atoms with Gasteiger partial charge in [0.25, 0.3) is 5.91 Å². The predicted octanol–water partition coefficient (Wildman–Crippen LogP) is 6.95. The molecule has 1 N–H and O–H groups in total. The fourth-order valence-electron chi connectivity index (χ4n) is 2.94. The zero-order valence-corrected chi connectivity index (χ0v) is 17.7. The minimum atomic E-state index is -4.71. The summed E-state index contributed by atoms with van der Waals surface area (Å²) in [5.74, 6) is 0.304. The lowest BCUT2D eigenvalue weighted by Gasteiger charge is -2.17. The minimum absolute atomic E-state index is 0.165. The van der Waals surface area contributed by atoms with E-state index in [1.54, 1.807) is 24.3 Å². The molecule has 0 fully saturated rings. The van der Waals surface area contributed by atoms with Crippen molar-refractivity contribution in [3.8, 4) is 11.5 Å². The van der Waals surface area contributed by atoms with E-state index < -0.39 is 22.7 Å². The molecule has 0 spiro atoms. The summed E-state index contributed by atoms with van der Waals surface area (Å²) in [6, 6.07) is 12.5. The van der Waals surface area contributed by atoms with Crippen LogP contribution in [0.4, 0.5) is 18.9 Å². The normalized spacial score (nSPS) is 11.6. The number of nitrogens with one attached hydrogen (secondary N) is 1. The fraction of sp³-hybridized carbons (Fsp3) is 0.273. The van der Waals surface area contributed by atoms with E-state index in [9.17, 15) is 18.0 Å². The van der Waals surface area contributed by atoms with Gasteiger partial charge in [0.2, 0.25) is 0 Å². The molecule has 0 unspecified atom stereocenters. The Labute approximate surface area is 176 Å². The summed E-state index contributed by atoms with van der Waals surface area (Å²) in [4.78, 5) is 15.6. The first-order chi connectivity index (χ1) is 14.1. The quantitative estimate of drug-likeness (QED) is 0.473. The van der Waals surface area contributed by atoms with Gasteiger partial charge in [-0.2, -0.15) is 13.2 Å². The number of halogens is 3. The zero-order chi connectivity index (χ0) is 22.1. The lowest BCUT2D eigenvalue weighted by Crippen LogP contribution is -2.17. The highest BCUT2D eigenvalue weighted by atomic mass is 32.1. The second kappa shape index (κ2) is 8.47. The van der Waals surface area contributed by atoms with Crippen molar-refractivity contribution in [1.29, 1.82) is 0 Å². The molecule has 0 aliphatic carbocycles. The number of aromatic nitrogens is 1. The molecule has 2 aromatic carbocycles. The Balaban J connectivity index is 1.93. The van der Waals surface area contributed by atoms with Gasteiger partial charge in [-0.05, 0) is 49.1 Å². The SMILES string of the molecule is Cc1ccc(C(C)C)c(Oc2ccccc2NC(=O)c2sc(C)nc2C(F)(F)F)c1. The molecule has 3 rings (SSSR count). The molecule has 0 saturated heterocycles. The number of alkyl halides is 3. The molecule has 8 heteroatoms. The number of para-hydroxylation sites is 2. The third kappa shape index (κ3) is 4.81. The first-order valence-corrected chi connectivity index (χ1v) is 10.1. The van der Waals surface area contributed by atoms with E-state index >= 15 is 0 Å². The van der Waals surface area contributed by atoms with E-state index in [1.165, 1.54) is 6.92 Å². The monoisotopic (exact) mass is 434 g/mol. The molecule has 1 amide bonds. The maximum atomic E-state index is 13.2. The summed E-state index contributed by atoms with van der Waals surface area (Å²) in [7, 11) is 0. The Hall–Kier alpha value is -2.87. The molecular formula is C22H21F3N2O2S. The van der Waals surface area contributed by atoms with Gasteiger partial charge in [-0.15, -0.1) is 11.3 Å². The van der Waals surface area contributed by atoms with Crippen molar-refractivity contribution < 1.29 is 22.7 Å². The highest BCUT2D eigenvalue weighted by molar-refractivity contribution is 7.13. The van der Waals surface area contributed by atoms with Crippen molar-refractivity contribution >= 4 is 22.9 Å². The van der Waals surface area contributed by atoms with Gasteiger partial charge in [0, 0.05) is 0 Å². The smallest absolute Gasteiger partial charge is 0.435 e. The molecule has 0 atom stereocenters. The van der Waals surface area contributed by atoms with E-state index in [0.717, 1.165) is 11.1 Å². The number of amides is 1. The number of benzene rings is 2. The van der Waals surface area contributed by atoms with Crippen LogP contribution in [-0.4, -0.2) is 10.9 Å². The summed E-state index contributed by atoms with van der Waals surface area (Å²) >= 11 is 0.703. The van der Waals surface area contributed by atoms with Crippen molar-refractivity contribution in [2.24, 2.45) is 0 Å². The van der Waals surface area contributed by atoms with Crippen LogP contribution in [0.15, 0.2) is 42.5 Å². The molecule has 0 saturated carbocycles. The fourth-order valence-corrected chi connectivity index (χ4v) is 3.77. The van der Waals surface area contributed by atoms with Gasteiger partial charge in [0.05, 0.1) is 10.7 Å². The summed E-state index contributed by atoms with van der Waals surface area (Å²) in [5, 5.41) is 2.71. The zero-order valence-electron chi connectivity index (χ0n) is 16.9. The van der Waals surface area contributed by atoms with Crippen LogP contribution >= 0.6 is 11.3 Å². The Morgan fingerprint density at radius 3 is 2.47 bits per heavy atom. The highest BCUT2D eigenvalue weighted by Crippen LogP contribution is 2.37. The number of carbonyl (C=O) groups is 1. The van der Waals surface area contributed by atoms with Crippen LogP contribution in [0.3, 0.4) is 0 Å². The molecule has 1 aromatic heterocycles. The third-order valence-electron chi connectivity index (χ3n) is 4.36. The lowest BCUT2D eigenvalue weighted by molar-refractivity contribution is -0.141. The van der Waals surface area contributed by atoms with Crippen LogP contribution in [0.2, 0.25) is 0 Å². The van der Waals surface area contributed by atoms with Crippen molar-refractivity contribution in [3.63, 3.8) is 0 Å². The van der Waals surface area contributed by atoms with E-state index in [-0.39, 0.29) is 16.6 Å². The number of ether oxygens (including phenoxy) is 1. The van der Waals surface area contributed by atoms with E-state index in [2.05, 4.69) is 10.3 Å². The molecule has 3 aromatic rings. The van der Waals surface area contributed by atoms with E-state index in [4.69, 9.17) is 4.74 Å². The Bertz CT molecular complexity index is 1070. The molecule has 0 bridgehead atoms. The molecule has 0 aliphatic rings. The van der Waals surface area contributed by atoms with E-state index in [1.807, 2.05) is 39.0 Å². The standard InChI is InChI=1S/C22H21F3N2O2S/c1-12(2)15-10-9-13(3)11-18(15)29-17-8-6-5-7-16(17)27-21(28)19-20(22(23,24)25)26-14(4)30-19/h5-12H,1-4H3,(H,27,28). The average Bonchev–Trinajstić information content (AvgIpc) is 3.05. The number of carbonyl (C=O) groups excluding carboxylic acids is 1. The topological polar surface area (TPSA) is 51.2 Å². The van der Waals surface area contributed by atoms with Gasteiger partial charge in [-0.3, -0.25) is 4.79 Å². The average molecular weight is 434 g/mol. The van der Waals surface area contributed by atoms with Crippen molar-refractivity contribution in [3.05, 3.63) is 69.2 Å². The minimum Gasteiger partial charge on any atom is -0.455 e. The number of aryl methyl sites for hydroxylation is 2. The van der Waals surface area contributed by atoms with Gasteiger partial charge in [-0.25, -0.2) is 4.98 Å². The second-order valence-electron chi connectivity index (χ2n) is 7.16. The molecular weight excluding hydrogens is 413 g/mol. The van der Waals surface area contributed by atoms with Gasteiger partial charge in [0.15, 0.2) is 11.4 Å². The summed E-state index contributed by atoms with van der Waals surface area (Å²) in [6.45, 7) is 7.44. The van der Waals surface area contributed by atoms with Gasteiger partial charge in [0.1, 0.15) is 10.6 Å². The highest BCUT2D eigenvalue weighted by Gasteiger charge is 2.39. The first-order valence-electron chi connectivity index (χ1n) is 9.29. The number of nitrogens with zero attached hydrogens (tertiary/aromatic N) is 1. The second-order valence-corrected chi connectivity index (χ2v) is 8.36. The Morgan fingerprint density at radius 1 is 1.10 bits per heavy atom. The van der Waals surface area contributed by atoms with Gasteiger partial charge >= 0.3 is 6.18 Å². The molecule has 1 heterocycles. The van der Waals surface area contributed by atoms with E-state index in [0.29, 0.717) is 22.8 Å². The van der Waals surface area contributed by atoms with Crippen LogP contribution in [0.1, 0.15) is 51.3 Å². The van der Waals surface area contributed by atoms with Crippen LogP contribution in [-0.2, 0) is 6.18 Å². The van der Waals surface area contributed by atoms with Gasteiger partial charge in [-0.1, -0.05) is 38.1 Å². The number of hydrogen-bond acceptors (Lipinski definition) is 4. The number of thiazole rings is 1. The predicted molar refractivity (Wildman–Crippen MR) is 112 cm³/mol. The van der Waals surface area contributed by atoms with Crippen LogP contribution in [0.25, 0.3) is 0 Å². The van der Waals surface area contributed by atoms with Crippen LogP contribution in [0, 0.1) is 13.8 Å². The number of rotatable bonds is 5. The molecule has 0 radical (unpaired) electrons. The molecule has 0 aliphatic heterocycles. The van der Waals surface area contributed by atoms with Crippen molar-refractivity contribution in [1.82, 2.24) is 4.98 Å². The van der Waals surface area contributed by atoms with Crippen LogP contribution < -0.4 is 10.1 Å². The largest absolute Gasteiger partial charge is 0.455 e. The summed E-state index contributed by atoms with van der Waals surface area (Å²) in [6.07, 6.45) is -4.71. The Morgan fingerprint density at radius 2 is 1.80 bits per heavy atom.